The maximum absolute atomic E-state index is 9.45. The molecule has 1 fully saturated rings. The molecule has 3 aromatic rings. The van der Waals surface area contributed by atoms with E-state index in [0.717, 1.165) is 52.5 Å². The largest absolute Gasteiger partial charge is 0.489 e. The van der Waals surface area contributed by atoms with E-state index in [1.165, 1.54) is 0 Å². The molecule has 2 aromatic carbocycles. The third-order valence-electron chi connectivity index (χ3n) is 5.61. The lowest BCUT2D eigenvalue weighted by Crippen LogP contribution is -2.18. The summed E-state index contributed by atoms with van der Waals surface area (Å²) in [7, 11) is 0. The van der Waals surface area contributed by atoms with E-state index in [-0.39, 0.29) is 0 Å². The minimum absolute atomic E-state index is 0.306. The number of benzene rings is 2. The lowest BCUT2D eigenvalue weighted by atomic mass is 9.96. The predicted octanol–water partition coefficient (Wildman–Crippen LogP) is 4.59. The van der Waals surface area contributed by atoms with Crippen LogP contribution in [0.4, 0.5) is 0 Å². The molecular weight excluding hydrogens is 410 g/mol. The quantitative estimate of drug-likeness (QED) is 0.470. The van der Waals surface area contributed by atoms with Crippen molar-refractivity contribution in [2.24, 2.45) is 0 Å². The highest BCUT2D eigenvalue weighted by Gasteiger charge is 2.19. The van der Waals surface area contributed by atoms with Gasteiger partial charge in [0.2, 0.25) is 0 Å². The van der Waals surface area contributed by atoms with Gasteiger partial charge in [0.25, 0.3) is 0 Å². The number of nitriles is 1. The Hall–Kier alpha value is -4.11. The van der Waals surface area contributed by atoms with Crippen molar-refractivity contribution in [1.82, 2.24) is 15.6 Å². The van der Waals surface area contributed by atoms with Gasteiger partial charge in [0.15, 0.2) is 0 Å². The van der Waals surface area contributed by atoms with E-state index in [4.69, 9.17) is 10.1 Å². The number of aromatic nitrogens is 1. The van der Waals surface area contributed by atoms with E-state index < -0.39 is 0 Å². The third-order valence-corrected chi connectivity index (χ3v) is 5.61. The van der Waals surface area contributed by atoms with Crippen LogP contribution in [0.1, 0.15) is 47.6 Å². The summed E-state index contributed by atoms with van der Waals surface area (Å²) in [4.78, 5) is 4.06. The summed E-state index contributed by atoms with van der Waals surface area (Å²) in [6.07, 6.45) is 3.40. The first-order chi connectivity index (χ1) is 16.1. The van der Waals surface area contributed by atoms with Crippen molar-refractivity contribution < 1.29 is 4.74 Å². The Morgan fingerprint density at radius 2 is 1.73 bits per heavy atom. The summed E-state index contributed by atoms with van der Waals surface area (Å²) in [5.74, 6) is 1.90. The van der Waals surface area contributed by atoms with Crippen LogP contribution < -0.4 is 15.4 Å². The van der Waals surface area contributed by atoms with Crippen molar-refractivity contribution in [3.63, 3.8) is 0 Å². The van der Waals surface area contributed by atoms with Crippen molar-refractivity contribution >= 4 is 11.3 Å². The second-order valence-corrected chi connectivity index (χ2v) is 8.22. The van der Waals surface area contributed by atoms with Crippen LogP contribution in [0.15, 0.2) is 72.8 Å². The number of hydrogen-bond acceptors (Lipinski definition) is 6. The first kappa shape index (κ1) is 22.1. The molecule has 0 atom stereocenters. The summed E-state index contributed by atoms with van der Waals surface area (Å²) in [6.45, 7) is 6.20. The molecule has 0 radical (unpaired) electrons. The number of hydrogen-bond donors (Lipinski definition) is 3. The normalized spacial score (nSPS) is 12.6. The average Bonchev–Trinajstić information content (AvgIpc) is 3.38. The minimum atomic E-state index is 0.306. The maximum atomic E-state index is 9.45. The SMILES string of the molecule is CC(C)c1ccc(COc2ccc(C(C(=N)c3ccncc3)=C3NCCN3)cc2)cc1C#N. The van der Waals surface area contributed by atoms with E-state index in [1.807, 2.05) is 54.6 Å². The molecule has 0 bridgehead atoms. The van der Waals surface area contributed by atoms with Gasteiger partial charge in [0.1, 0.15) is 18.2 Å². The second kappa shape index (κ2) is 10.0. The summed E-state index contributed by atoms with van der Waals surface area (Å²) >= 11 is 0. The topological polar surface area (TPSA) is 93.8 Å². The molecule has 0 spiro atoms. The Morgan fingerprint density at radius 3 is 2.36 bits per heavy atom. The summed E-state index contributed by atoms with van der Waals surface area (Å²) in [5, 5.41) is 24.9. The van der Waals surface area contributed by atoms with Gasteiger partial charge >= 0.3 is 0 Å². The highest BCUT2D eigenvalue weighted by molar-refractivity contribution is 6.30. The van der Waals surface area contributed by atoms with E-state index in [2.05, 4.69) is 35.5 Å². The zero-order chi connectivity index (χ0) is 23.2. The van der Waals surface area contributed by atoms with Gasteiger partial charge in [-0.25, -0.2) is 0 Å². The zero-order valence-corrected chi connectivity index (χ0v) is 18.9. The van der Waals surface area contributed by atoms with Crippen LogP contribution in [-0.4, -0.2) is 23.8 Å². The molecule has 1 aliphatic heterocycles. The molecule has 0 saturated carbocycles. The lowest BCUT2D eigenvalue weighted by Gasteiger charge is -2.15. The molecular formula is C27H27N5O. The van der Waals surface area contributed by atoms with Crippen LogP contribution in [0, 0.1) is 16.7 Å². The lowest BCUT2D eigenvalue weighted by molar-refractivity contribution is 0.306. The molecule has 1 aromatic heterocycles. The van der Waals surface area contributed by atoms with Gasteiger partial charge in [-0.1, -0.05) is 38.1 Å². The van der Waals surface area contributed by atoms with E-state index >= 15 is 0 Å². The van der Waals surface area contributed by atoms with Gasteiger partial charge < -0.3 is 15.4 Å². The van der Waals surface area contributed by atoms with Crippen LogP contribution in [0.5, 0.6) is 5.75 Å². The Labute approximate surface area is 194 Å². The molecule has 2 heterocycles. The van der Waals surface area contributed by atoms with Crippen molar-refractivity contribution in [2.45, 2.75) is 26.4 Å². The van der Waals surface area contributed by atoms with Crippen LogP contribution >= 0.6 is 0 Å². The van der Waals surface area contributed by atoms with Crippen LogP contribution in [0.3, 0.4) is 0 Å². The molecule has 166 valence electrons. The van der Waals surface area contributed by atoms with Gasteiger partial charge in [-0.05, 0) is 52.9 Å². The highest BCUT2D eigenvalue weighted by Crippen LogP contribution is 2.26. The van der Waals surface area contributed by atoms with Crippen molar-refractivity contribution in [3.05, 3.63) is 101 Å². The summed E-state index contributed by atoms with van der Waals surface area (Å²) in [6, 6.07) is 19.7. The number of nitrogens with one attached hydrogen (secondary N) is 3. The third kappa shape index (κ3) is 5.04. The van der Waals surface area contributed by atoms with Gasteiger partial charge in [0, 0.05) is 36.6 Å². The molecule has 0 amide bonds. The van der Waals surface area contributed by atoms with E-state index in [0.29, 0.717) is 23.8 Å². The van der Waals surface area contributed by atoms with Gasteiger partial charge in [-0.3, -0.25) is 10.4 Å². The summed E-state index contributed by atoms with van der Waals surface area (Å²) in [5.41, 5.74) is 5.68. The Balaban J connectivity index is 1.53. The second-order valence-electron chi connectivity index (χ2n) is 8.22. The predicted molar refractivity (Wildman–Crippen MR) is 130 cm³/mol. The van der Waals surface area contributed by atoms with Gasteiger partial charge in [0.05, 0.1) is 17.3 Å². The number of pyridine rings is 1. The van der Waals surface area contributed by atoms with Crippen molar-refractivity contribution in [2.75, 3.05) is 13.1 Å². The van der Waals surface area contributed by atoms with Gasteiger partial charge in [-0.2, -0.15) is 5.26 Å². The van der Waals surface area contributed by atoms with Crippen molar-refractivity contribution in [1.29, 1.82) is 10.7 Å². The molecule has 0 unspecified atom stereocenters. The first-order valence-electron chi connectivity index (χ1n) is 11.0. The number of allylic oxidation sites excluding steroid dienone is 1. The molecule has 33 heavy (non-hydrogen) atoms. The molecule has 3 N–H and O–H groups in total. The Bertz CT molecular complexity index is 1200. The molecule has 4 rings (SSSR count). The van der Waals surface area contributed by atoms with Crippen molar-refractivity contribution in [3.8, 4) is 11.8 Å². The molecule has 6 heteroatoms. The van der Waals surface area contributed by atoms with E-state index in [1.54, 1.807) is 12.4 Å². The first-order valence-corrected chi connectivity index (χ1v) is 11.0. The fourth-order valence-corrected chi connectivity index (χ4v) is 3.87. The number of rotatable bonds is 7. The molecule has 6 nitrogen and oxygen atoms in total. The summed E-state index contributed by atoms with van der Waals surface area (Å²) < 4.78 is 5.98. The van der Waals surface area contributed by atoms with E-state index in [9.17, 15) is 5.26 Å². The maximum Gasteiger partial charge on any atom is 0.119 e. The Morgan fingerprint density at radius 1 is 1.03 bits per heavy atom. The minimum Gasteiger partial charge on any atom is -0.489 e. The average molecular weight is 438 g/mol. The molecule has 0 aliphatic carbocycles. The Kier molecular flexibility index (Phi) is 6.70. The fourth-order valence-electron chi connectivity index (χ4n) is 3.87. The van der Waals surface area contributed by atoms with Crippen LogP contribution in [0.25, 0.3) is 5.57 Å². The number of ether oxygens (including phenoxy) is 1. The van der Waals surface area contributed by atoms with Crippen LogP contribution in [0.2, 0.25) is 0 Å². The smallest absolute Gasteiger partial charge is 0.119 e. The molecule has 1 saturated heterocycles. The highest BCUT2D eigenvalue weighted by atomic mass is 16.5. The standard InChI is InChI=1S/C27H27N5O/c1-18(2)24-8-3-19(15-22(24)16-28)17-33-23-6-4-20(5-7-23)25(27-31-13-14-32-27)26(29)21-9-11-30-12-10-21/h3-12,15,18,29,31-32H,13-14,17H2,1-2H3. The van der Waals surface area contributed by atoms with Crippen LogP contribution in [-0.2, 0) is 6.61 Å². The zero-order valence-electron chi connectivity index (χ0n) is 18.9. The number of nitrogens with zero attached hydrogens (tertiary/aromatic N) is 2. The molecule has 1 aliphatic rings. The fraction of sp³-hybridized carbons (Fsp3) is 0.222. The monoisotopic (exact) mass is 437 g/mol. The van der Waals surface area contributed by atoms with Gasteiger partial charge in [-0.15, -0.1) is 0 Å².